The lowest BCUT2D eigenvalue weighted by Gasteiger charge is -2.08. The summed E-state index contributed by atoms with van der Waals surface area (Å²) in [7, 11) is 0. The summed E-state index contributed by atoms with van der Waals surface area (Å²) in [5.41, 5.74) is 0.0775. The van der Waals surface area contributed by atoms with Crippen molar-refractivity contribution in [2.45, 2.75) is 33.6 Å². The van der Waals surface area contributed by atoms with Gasteiger partial charge >= 0.3 is 0 Å². The van der Waals surface area contributed by atoms with Crippen molar-refractivity contribution in [1.29, 1.82) is 5.26 Å². The first-order valence-corrected chi connectivity index (χ1v) is 4.02. The van der Waals surface area contributed by atoms with Crippen LogP contribution in [0.4, 0.5) is 0 Å². The molecule has 1 nitrogen and oxygen atoms in total. The van der Waals surface area contributed by atoms with E-state index in [1.54, 1.807) is 0 Å². The van der Waals surface area contributed by atoms with Crippen LogP contribution in [-0.2, 0) is 0 Å². The van der Waals surface area contributed by atoms with Crippen molar-refractivity contribution in [2.24, 2.45) is 17.3 Å². The lowest BCUT2D eigenvalue weighted by molar-refractivity contribution is 0.445. The molecule has 0 bridgehead atoms. The number of hydrogen-bond donors (Lipinski definition) is 0. The highest BCUT2D eigenvalue weighted by atomic mass is 14.6. The maximum Gasteiger partial charge on any atom is 0.0692 e. The first kappa shape index (κ1) is 7.60. The molecule has 1 fully saturated rings. The van der Waals surface area contributed by atoms with Gasteiger partial charge in [-0.25, -0.2) is 0 Å². The summed E-state index contributed by atoms with van der Waals surface area (Å²) in [4.78, 5) is 0. The van der Waals surface area contributed by atoms with Crippen molar-refractivity contribution in [3.8, 4) is 6.07 Å². The van der Waals surface area contributed by atoms with E-state index < -0.39 is 0 Å². The zero-order chi connectivity index (χ0) is 7.78. The van der Waals surface area contributed by atoms with E-state index >= 15 is 0 Å². The van der Waals surface area contributed by atoms with Gasteiger partial charge < -0.3 is 0 Å². The molecule has 2 atom stereocenters. The van der Waals surface area contributed by atoms with Gasteiger partial charge in [0.25, 0.3) is 0 Å². The smallest absolute Gasteiger partial charge is 0.0692 e. The van der Waals surface area contributed by atoms with E-state index in [2.05, 4.69) is 26.8 Å². The second kappa shape index (κ2) is 2.27. The molecule has 2 unspecified atom stereocenters. The van der Waals surface area contributed by atoms with Crippen molar-refractivity contribution >= 4 is 0 Å². The third kappa shape index (κ3) is 1.16. The third-order valence-electron chi connectivity index (χ3n) is 2.45. The van der Waals surface area contributed by atoms with Crippen LogP contribution in [-0.4, -0.2) is 0 Å². The summed E-state index contributed by atoms with van der Waals surface area (Å²) in [6.07, 6.45) is 2.21. The van der Waals surface area contributed by atoms with Crippen LogP contribution in [0.1, 0.15) is 33.6 Å². The lowest BCUT2D eigenvalue weighted by atomic mass is 9.94. The predicted octanol–water partition coefficient (Wildman–Crippen LogP) is 2.58. The molecule has 0 aromatic heterocycles. The Morgan fingerprint density at radius 3 is 2.30 bits per heavy atom. The molecule has 0 N–H and O–H groups in total. The number of rotatable bonds is 2. The second-order valence-electron chi connectivity index (χ2n) is 3.97. The summed E-state index contributed by atoms with van der Waals surface area (Å²) in [6, 6.07) is 2.43. The summed E-state index contributed by atoms with van der Waals surface area (Å²) >= 11 is 0. The van der Waals surface area contributed by atoms with E-state index in [9.17, 15) is 0 Å². The standard InChI is InChI=1S/C9H15N/c1-7(2)4-9(6-10)5-8(9)3/h7-8H,4-5H2,1-3H3. The molecule has 0 aromatic rings. The number of nitrogens with zero attached hydrogens (tertiary/aromatic N) is 1. The Hall–Kier alpha value is -0.510. The monoisotopic (exact) mass is 137 g/mol. The van der Waals surface area contributed by atoms with Gasteiger partial charge in [0.1, 0.15) is 0 Å². The molecule has 1 rings (SSSR count). The van der Waals surface area contributed by atoms with Crippen LogP contribution in [0.5, 0.6) is 0 Å². The molecular formula is C9H15N. The van der Waals surface area contributed by atoms with Gasteiger partial charge in [0.2, 0.25) is 0 Å². The Morgan fingerprint density at radius 1 is 1.70 bits per heavy atom. The highest BCUT2D eigenvalue weighted by Crippen LogP contribution is 2.55. The van der Waals surface area contributed by atoms with E-state index in [-0.39, 0.29) is 5.41 Å². The molecule has 0 aromatic carbocycles. The molecule has 0 heterocycles. The third-order valence-corrected chi connectivity index (χ3v) is 2.45. The molecular weight excluding hydrogens is 122 g/mol. The predicted molar refractivity (Wildman–Crippen MR) is 41.3 cm³/mol. The minimum atomic E-state index is 0.0775. The van der Waals surface area contributed by atoms with E-state index in [1.165, 1.54) is 0 Å². The zero-order valence-corrected chi connectivity index (χ0v) is 7.02. The van der Waals surface area contributed by atoms with Gasteiger partial charge in [-0.1, -0.05) is 20.8 Å². The van der Waals surface area contributed by atoms with Crippen LogP contribution in [0.15, 0.2) is 0 Å². The van der Waals surface area contributed by atoms with Crippen molar-refractivity contribution in [1.82, 2.24) is 0 Å². The largest absolute Gasteiger partial charge is 0.198 e. The van der Waals surface area contributed by atoms with Gasteiger partial charge in [-0.05, 0) is 24.7 Å². The lowest BCUT2D eigenvalue weighted by Crippen LogP contribution is -2.03. The molecule has 0 aliphatic heterocycles. The van der Waals surface area contributed by atoms with Gasteiger partial charge in [-0.15, -0.1) is 0 Å². The topological polar surface area (TPSA) is 23.8 Å². The second-order valence-corrected chi connectivity index (χ2v) is 3.97. The molecule has 56 valence electrons. The molecule has 1 aliphatic carbocycles. The minimum absolute atomic E-state index is 0.0775. The Kier molecular flexibility index (Phi) is 1.72. The highest BCUT2D eigenvalue weighted by Gasteiger charge is 2.51. The van der Waals surface area contributed by atoms with E-state index in [1.807, 2.05) is 0 Å². The first-order chi connectivity index (χ1) is 4.60. The van der Waals surface area contributed by atoms with Crippen LogP contribution in [0.25, 0.3) is 0 Å². The Balaban J connectivity index is 2.47. The zero-order valence-electron chi connectivity index (χ0n) is 7.02. The fourth-order valence-electron chi connectivity index (χ4n) is 1.70. The summed E-state index contributed by atoms with van der Waals surface area (Å²) in [5, 5.41) is 8.83. The minimum Gasteiger partial charge on any atom is -0.198 e. The van der Waals surface area contributed by atoms with Crippen molar-refractivity contribution in [3.05, 3.63) is 0 Å². The van der Waals surface area contributed by atoms with Crippen LogP contribution in [0, 0.1) is 28.6 Å². The van der Waals surface area contributed by atoms with Crippen LogP contribution in [0.3, 0.4) is 0 Å². The van der Waals surface area contributed by atoms with Crippen molar-refractivity contribution in [2.75, 3.05) is 0 Å². The van der Waals surface area contributed by atoms with Gasteiger partial charge in [-0.2, -0.15) is 5.26 Å². The normalized spacial score (nSPS) is 37.7. The van der Waals surface area contributed by atoms with Crippen LogP contribution < -0.4 is 0 Å². The van der Waals surface area contributed by atoms with Gasteiger partial charge in [0.05, 0.1) is 11.5 Å². The molecule has 1 saturated carbocycles. The molecule has 10 heavy (non-hydrogen) atoms. The first-order valence-electron chi connectivity index (χ1n) is 4.02. The molecule has 0 amide bonds. The Morgan fingerprint density at radius 2 is 2.20 bits per heavy atom. The quantitative estimate of drug-likeness (QED) is 0.574. The van der Waals surface area contributed by atoms with Gasteiger partial charge in [-0.3, -0.25) is 0 Å². The number of hydrogen-bond acceptors (Lipinski definition) is 1. The maximum atomic E-state index is 8.83. The van der Waals surface area contributed by atoms with E-state index in [0.717, 1.165) is 12.8 Å². The molecule has 1 heteroatoms. The summed E-state index contributed by atoms with van der Waals surface area (Å²) < 4.78 is 0. The summed E-state index contributed by atoms with van der Waals surface area (Å²) in [5.74, 6) is 1.32. The average Bonchev–Trinajstić information content (AvgIpc) is 2.42. The SMILES string of the molecule is CC(C)CC1(C#N)CC1C. The van der Waals surface area contributed by atoms with Crippen molar-refractivity contribution < 1.29 is 0 Å². The molecule has 0 saturated heterocycles. The summed E-state index contributed by atoms with van der Waals surface area (Å²) in [6.45, 7) is 6.54. The maximum absolute atomic E-state index is 8.83. The van der Waals surface area contributed by atoms with E-state index in [0.29, 0.717) is 11.8 Å². The molecule has 0 radical (unpaired) electrons. The Bertz CT molecular complexity index is 166. The number of nitriles is 1. The molecule has 0 spiro atoms. The van der Waals surface area contributed by atoms with Crippen molar-refractivity contribution in [3.63, 3.8) is 0 Å². The van der Waals surface area contributed by atoms with Crippen LogP contribution >= 0.6 is 0 Å². The molecule has 1 aliphatic rings. The fourth-order valence-corrected chi connectivity index (χ4v) is 1.70. The average molecular weight is 137 g/mol. The van der Waals surface area contributed by atoms with E-state index in [4.69, 9.17) is 5.26 Å². The highest BCUT2D eigenvalue weighted by molar-refractivity contribution is 5.14. The van der Waals surface area contributed by atoms with Crippen LogP contribution in [0.2, 0.25) is 0 Å². The Labute approximate surface area is 63.0 Å². The van der Waals surface area contributed by atoms with Gasteiger partial charge in [0.15, 0.2) is 0 Å². The van der Waals surface area contributed by atoms with Gasteiger partial charge in [0, 0.05) is 0 Å². The fraction of sp³-hybridized carbons (Fsp3) is 0.889.